The predicted molar refractivity (Wildman–Crippen MR) is 48.3 cm³/mol. The van der Waals surface area contributed by atoms with Crippen LogP contribution in [0.25, 0.3) is 0 Å². The number of rotatable bonds is 3. The van der Waals surface area contributed by atoms with Crippen molar-refractivity contribution in [2.45, 2.75) is 12.8 Å². The van der Waals surface area contributed by atoms with E-state index in [0.717, 1.165) is 12.5 Å². The Balaban J connectivity index is 1.92. The van der Waals surface area contributed by atoms with Gasteiger partial charge in [-0.2, -0.15) is 0 Å². The molecule has 0 unspecified atom stereocenters. The third kappa shape index (κ3) is 2.08. The van der Waals surface area contributed by atoms with Gasteiger partial charge in [0, 0.05) is 12.7 Å². The van der Waals surface area contributed by atoms with E-state index in [-0.39, 0.29) is 0 Å². The number of aromatic nitrogens is 2. The zero-order chi connectivity index (χ0) is 8.39. The molecule has 1 aromatic heterocycles. The molecule has 64 valence electrons. The summed E-state index contributed by atoms with van der Waals surface area (Å²) in [6.45, 7) is 0.973. The highest BCUT2D eigenvalue weighted by molar-refractivity contribution is 6.29. The average Bonchev–Trinajstić information content (AvgIpc) is 2.84. The van der Waals surface area contributed by atoms with Crippen molar-refractivity contribution in [3.63, 3.8) is 0 Å². The van der Waals surface area contributed by atoms with E-state index in [2.05, 4.69) is 15.3 Å². The lowest BCUT2D eigenvalue weighted by Gasteiger charge is -2.01. The molecule has 1 heterocycles. The van der Waals surface area contributed by atoms with Gasteiger partial charge >= 0.3 is 0 Å². The molecule has 1 aliphatic rings. The number of halogens is 1. The van der Waals surface area contributed by atoms with Crippen molar-refractivity contribution in [3.8, 4) is 0 Å². The molecule has 1 aliphatic carbocycles. The quantitative estimate of drug-likeness (QED) is 0.728. The van der Waals surface area contributed by atoms with Crippen molar-refractivity contribution in [1.29, 1.82) is 0 Å². The average molecular weight is 184 g/mol. The minimum Gasteiger partial charge on any atom is -0.354 e. The molecule has 1 aromatic rings. The first-order chi connectivity index (χ1) is 5.84. The molecule has 0 amide bonds. The second-order valence-corrected chi connectivity index (χ2v) is 3.41. The van der Waals surface area contributed by atoms with Gasteiger partial charge in [-0.25, -0.2) is 9.97 Å². The second-order valence-electron chi connectivity index (χ2n) is 3.03. The monoisotopic (exact) mass is 183 g/mol. The van der Waals surface area contributed by atoms with Crippen molar-refractivity contribution in [3.05, 3.63) is 17.4 Å². The van der Waals surface area contributed by atoms with E-state index in [1.807, 2.05) is 0 Å². The minimum atomic E-state index is 0.489. The molecule has 0 saturated heterocycles. The van der Waals surface area contributed by atoms with E-state index in [1.165, 1.54) is 12.8 Å². The van der Waals surface area contributed by atoms with E-state index in [1.54, 1.807) is 12.3 Å². The van der Waals surface area contributed by atoms with Crippen molar-refractivity contribution in [2.24, 2.45) is 5.92 Å². The van der Waals surface area contributed by atoms with Crippen LogP contribution in [0.1, 0.15) is 12.8 Å². The van der Waals surface area contributed by atoms with Crippen LogP contribution in [0.2, 0.25) is 5.15 Å². The van der Waals surface area contributed by atoms with E-state index >= 15 is 0 Å². The van der Waals surface area contributed by atoms with Gasteiger partial charge < -0.3 is 5.32 Å². The molecule has 0 aromatic carbocycles. The number of hydrogen-bond acceptors (Lipinski definition) is 3. The van der Waals surface area contributed by atoms with Crippen molar-refractivity contribution >= 4 is 17.5 Å². The summed E-state index contributed by atoms with van der Waals surface area (Å²) in [7, 11) is 0. The van der Waals surface area contributed by atoms with Gasteiger partial charge in [0.25, 0.3) is 0 Å². The standard InChI is InChI=1S/C8H10ClN3/c9-7-3-4-10-8(12-7)11-5-6-1-2-6/h3-4,6H,1-2,5H2,(H,10,11,12). The van der Waals surface area contributed by atoms with Crippen LogP contribution in [-0.2, 0) is 0 Å². The first kappa shape index (κ1) is 7.80. The number of anilines is 1. The summed E-state index contributed by atoms with van der Waals surface area (Å²) in [4.78, 5) is 8.05. The third-order valence-corrected chi connectivity index (χ3v) is 2.08. The van der Waals surface area contributed by atoms with Crippen molar-refractivity contribution < 1.29 is 0 Å². The van der Waals surface area contributed by atoms with Crippen LogP contribution in [0, 0.1) is 5.92 Å². The third-order valence-electron chi connectivity index (χ3n) is 1.87. The van der Waals surface area contributed by atoms with Gasteiger partial charge in [0.1, 0.15) is 5.15 Å². The fourth-order valence-corrected chi connectivity index (χ4v) is 1.12. The molecule has 0 bridgehead atoms. The first-order valence-electron chi connectivity index (χ1n) is 4.07. The van der Waals surface area contributed by atoms with E-state index < -0.39 is 0 Å². The molecule has 0 atom stereocenters. The zero-order valence-electron chi connectivity index (χ0n) is 6.63. The fourth-order valence-electron chi connectivity index (χ4n) is 0.979. The minimum absolute atomic E-state index is 0.489. The number of hydrogen-bond donors (Lipinski definition) is 1. The maximum atomic E-state index is 5.68. The molecule has 2 rings (SSSR count). The van der Waals surface area contributed by atoms with Crippen LogP contribution in [-0.4, -0.2) is 16.5 Å². The van der Waals surface area contributed by atoms with Crippen LogP contribution in [0.5, 0.6) is 0 Å². The van der Waals surface area contributed by atoms with Crippen molar-refractivity contribution in [2.75, 3.05) is 11.9 Å². The van der Waals surface area contributed by atoms with Crippen molar-refractivity contribution in [1.82, 2.24) is 9.97 Å². The largest absolute Gasteiger partial charge is 0.354 e. The van der Waals surface area contributed by atoms with Gasteiger partial charge in [-0.15, -0.1) is 0 Å². The summed E-state index contributed by atoms with van der Waals surface area (Å²) in [5.74, 6) is 1.46. The Morgan fingerprint density at radius 2 is 2.42 bits per heavy atom. The Morgan fingerprint density at radius 1 is 1.58 bits per heavy atom. The van der Waals surface area contributed by atoms with E-state index in [4.69, 9.17) is 11.6 Å². The number of nitrogens with zero attached hydrogens (tertiary/aromatic N) is 2. The lowest BCUT2D eigenvalue weighted by molar-refractivity contribution is 0.873. The van der Waals surface area contributed by atoms with Crippen LogP contribution < -0.4 is 5.32 Å². The molecule has 1 fully saturated rings. The lowest BCUT2D eigenvalue weighted by atomic mass is 10.4. The molecule has 12 heavy (non-hydrogen) atoms. The van der Waals surface area contributed by atoms with Gasteiger partial charge in [-0.3, -0.25) is 0 Å². The summed E-state index contributed by atoms with van der Waals surface area (Å²) in [6, 6.07) is 1.67. The second kappa shape index (κ2) is 3.27. The van der Waals surface area contributed by atoms with E-state index in [9.17, 15) is 0 Å². The molecule has 4 heteroatoms. The Labute approximate surface area is 76.2 Å². The van der Waals surface area contributed by atoms with Crippen LogP contribution in [0.3, 0.4) is 0 Å². The maximum Gasteiger partial charge on any atom is 0.224 e. The van der Waals surface area contributed by atoms with Gasteiger partial charge in [0.05, 0.1) is 0 Å². The van der Waals surface area contributed by atoms with Crippen LogP contribution in [0.15, 0.2) is 12.3 Å². The zero-order valence-corrected chi connectivity index (χ0v) is 7.38. The van der Waals surface area contributed by atoms with Crippen LogP contribution in [0.4, 0.5) is 5.95 Å². The summed E-state index contributed by atoms with van der Waals surface area (Å²) in [5, 5.41) is 3.63. The molecule has 3 nitrogen and oxygen atoms in total. The predicted octanol–water partition coefficient (Wildman–Crippen LogP) is 1.95. The molecule has 0 radical (unpaired) electrons. The summed E-state index contributed by atoms with van der Waals surface area (Å²) in [6.07, 6.45) is 4.31. The highest BCUT2D eigenvalue weighted by Gasteiger charge is 2.20. The summed E-state index contributed by atoms with van der Waals surface area (Å²) < 4.78 is 0. The summed E-state index contributed by atoms with van der Waals surface area (Å²) in [5.41, 5.74) is 0. The summed E-state index contributed by atoms with van der Waals surface area (Å²) >= 11 is 5.68. The molecule has 0 aliphatic heterocycles. The number of nitrogens with one attached hydrogen (secondary N) is 1. The lowest BCUT2D eigenvalue weighted by Crippen LogP contribution is -2.06. The van der Waals surface area contributed by atoms with Gasteiger partial charge in [0.2, 0.25) is 5.95 Å². The molecule has 1 N–H and O–H groups in total. The molecule has 0 spiro atoms. The molecular weight excluding hydrogens is 174 g/mol. The fraction of sp³-hybridized carbons (Fsp3) is 0.500. The highest BCUT2D eigenvalue weighted by atomic mass is 35.5. The van der Waals surface area contributed by atoms with Crippen LogP contribution >= 0.6 is 11.6 Å². The van der Waals surface area contributed by atoms with Gasteiger partial charge in [0.15, 0.2) is 0 Å². The molecule has 1 saturated carbocycles. The SMILES string of the molecule is Clc1ccnc(NCC2CC2)n1. The molecular formula is C8H10ClN3. The first-order valence-corrected chi connectivity index (χ1v) is 4.45. The Morgan fingerprint density at radius 3 is 3.08 bits per heavy atom. The smallest absolute Gasteiger partial charge is 0.224 e. The van der Waals surface area contributed by atoms with E-state index in [0.29, 0.717) is 11.1 Å². The normalized spacial score (nSPS) is 16.1. The Bertz CT molecular complexity index is 273. The van der Waals surface area contributed by atoms with Gasteiger partial charge in [-0.05, 0) is 24.8 Å². The van der Waals surface area contributed by atoms with Gasteiger partial charge in [-0.1, -0.05) is 11.6 Å². The highest BCUT2D eigenvalue weighted by Crippen LogP contribution is 2.28. The topological polar surface area (TPSA) is 37.8 Å². The Hall–Kier alpha value is -0.830. The Kier molecular flexibility index (Phi) is 2.13. The maximum absolute atomic E-state index is 5.68.